The first-order valence-electron chi connectivity index (χ1n) is 11.8. The first-order valence-corrected chi connectivity index (χ1v) is 11.8. The predicted octanol–water partition coefficient (Wildman–Crippen LogP) is -3.17. The van der Waals surface area contributed by atoms with Crippen molar-refractivity contribution in [2.75, 3.05) is 19.6 Å². The van der Waals surface area contributed by atoms with Gasteiger partial charge in [-0.3, -0.25) is 0 Å². The smallest absolute Gasteiger partial charge is 0.862 e. The topological polar surface area (TPSA) is 116 Å². The van der Waals surface area contributed by atoms with Gasteiger partial charge in [-0.25, -0.2) is 0 Å². The summed E-state index contributed by atoms with van der Waals surface area (Å²) >= 11 is 0. The molecule has 0 fully saturated rings. The largest absolute Gasteiger partial charge is 1.00 e. The molecule has 0 saturated carbocycles. The number of unbranched alkanes of at least 4 members (excludes halogenated alkanes) is 9. The summed E-state index contributed by atoms with van der Waals surface area (Å²) in [5, 5.41) is 31.2. The molecule has 0 bridgehead atoms. The van der Waals surface area contributed by atoms with Crippen molar-refractivity contribution < 1.29 is 74.1 Å². The third-order valence-electron chi connectivity index (χ3n) is 6.12. The van der Waals surface area contributed by atoms with Crippen molar-refractivity contribution in [3.63, 3.8) is 0 Å². The molecule has 0 aromatic heterocycles. The molecule has 31 heavy (non-hydrogen) atoms. The Hall–Kier alpha value is 0.860. The number of carbonyl (C=O) groups excluding carboxylic acids is 1. The molecule has 2 atom stereocenters. The number of hydrogen-bond acceptors (Lipinski definition) is 6. The van der Waals surface area contributed by atoms with Crippen molar-refractivity contribution >= 4 is 11.9 Å². The number of hydrogen-bond donors (Lipinski definition) is 2. The first kappa shape index (κ1) is 36.4. The molecule has 3 N–H and O–H groups in total. The number of carboxylic acid groups (broad SMARTS) is 1. The SMILES string of the molecule is CCCCCCCCCCCCC(N)(C(=O)[O-])C(CCCN(CC)CC)C(=N)[O-].[Na+].[Na+]. The van der Waals surface area contributed by atoms with Crippen molar-refractivity contribution in [3.8, 4) is 0 Å². The van der Waals surface area contributed by atoms with Gasteiger partial charge < -0.3 is 31.1 Å². The van der Waals surface area contributed by atoms with Crippen LogP contribution in [0.25, 0.3) is 0 Å². The van der Waals surface area contributed by atoms with Crippen LogP contribution < -0.4 is 75.1 Å². The molecule has 0 radical (unpaired) electrons. The molecule has 0 aromatic rings. The maximum atomic E-state index is 11.9. The Balaban J connectivity index is -0.00000392. The Morgan fingerprint density at radius 3 is 1.71 bits per heavy atom. The molecule has 0 heterocycles. The fourth-order valence-electron chi connectivity index (χ4n) is 4.00. The van der Waals surface area contributed by atoms with E-state index in [9.17, 15) is 15.0 Å². The van der Waals surface area contributed by atoms with E-state index >= 15 is 0 Å². The molecule has 2 unspecified atom stereocenters. The summed E-state index contributed by atoms with van der Waals surface area (Å²) in [7, 11) is 0. The van der Waals surface area contributed by atoms with E-state index in [2.05, 4.69) is 25.7 Å². The van der Waals surface area contributed by atoms with Crippen molar-refractivity contribution in [3.05, 3.63) is 0 Å². The van der Waals surface area contributed by atoms with Crippen molar-refractivity contribution in [2.45, 2.75) is 110 Å². The molecule has 6 nitrogen and oxygen atoms in total. The van der Waals surface area contributed by atoms with Gasteiger partial charge in [0.25, 0.3) is 0 Å². The van der Waals surface area contributed by atoms with Crippen molar-refractivity contribution in [1.29, 1.82) is 5.41 Å². The molecule has 0 saturated heterocycles. The van der Waals surface area contributed by atoms with Gasteiger partial charge in [-0.15, -0.1) is 0 Å². The molecule has 0 aliphatic rings. The Kier molecular flexibility index (Phi) is 26.6. The van der Waals surface area contributed by atoms with Gasteiger partial charge in [0.05, 0.1) is 11.5 Å². The van der Waals surface area contributed by atoms with E-state index < -0.39 is 23.3 Å². The van der Waals surface area contributed by atoms with Gasteiger partial charge in [-0.05, 0) is 44.8 Å². The monoisotopic (exact) mass is 457 g/mol. The zero-order valence-electron chi connectivity index (χ0n) is 21.1. The van der Waals surface area contributed by atoms with Crippen LogP contribution >= 0.6 is 0 Å². The average molecular weight is 458 g/mol. The van der Waals surface area contributed by atoms with E-state index in [4.69, 9.17) is 11.1 Å². The summed E-state index contributed by atoms with van der Waals surface area (Å²) in [6, 6.07) is 0. The first-order chi connectivity index (χ1) is 13.8. The summed E-state index contributed by atoms with van der Waals surface area (Å²) < 4.78 is 0. The Labute approximate surface area is 235 Å². The Bertz CT molecular complexity index is 452. The third kappa shape index (κ3) is 16.2. The fourth-order valence-corrected chi connectivity index (χ4v) is 4.00. The molecule has 172 valence electrons. The van der Waals surface area contributed by atoms with Crippen LogP contribution in [0.15, 0.2) is 0 Å². The van der Waals surface area contributed by atoms with Crippen LogP contribution in [0.1, 0.15) is 104 Å². The van der Waals surface area contributed by atoms with Crippen LogP contribution in [0.5, 0.6) is 0 Å². The van der Waals surface area contributed by atoms with Crippen LogP contribution in [0.4, 0.5) is 0 Å². The number of nitrogens with two attached hydrogens (primary N) is 1. The van der Waals surface area contributed by atoms with Crippen molar-refractivity contribution in [1.82, 2.24) is 4.90 Å². The second-order valence-corrected chi connectivity index (χ2v) is 8.35. The standard InChI is InChI=1S/C23H47N3O3.2Na/c1-4-7-8-9-10-11-12-13-14-15-18-23(25,22(28)29)20(21(24)27)17-16-19-26(5-2)6-3;;/h20H,4-19,25H2,1-3H3,(H2,24,27)(H,28,29);;/q;2*+1/p-2. The fraction of sp³-hybridized carbons (Fsp3) is 0.913. The number of nitrogens with one attached hydrogen (secondary N) is 1. The molecule has 0 spiro atoms. The minimum Gasteiger partial charge on any atom is -0.862 e. The number of carbonyl (C=O) groups is 1. The molecule has 0 aliphatic carbocycles. The van der Waals surface area contributed by atoms with E-state index in [-0.39, 0.29) is 65.5 Å². The second kappa shape index (κ2) is 22.6. The summed E-state index contributed by atoms with van der Waals surface area (Å²) in [6.45, 7) is 8.93. The molecule has 0 aliphatic heterocycles. The number of nitrogens with zero attached hydrogens (tertiary/aromatic N) is 1. The molecule has 8 heteroatoms. The van der Waals surface area contributed by atoms with Crippen molar-refractivity contribution in [2.24, 2.45) is 11.7 Å². The van der Waals surface area contributed by atoms with Gasteiger partial charge in [0.2, 0.25) is 0 Å². The van der Waals surface area contributed by atoms with E-state index in [1.54, 1.807) is 0 Å². The maximum Gasteiger partial charge on any atom is 1.00 e. The number of carboxylic acids is 1. The normalized spacial score (nSPS) is 13.7. The van der Waals surface area contributed by atoms with Gasteiger partial charge >= 0.3 is 59.1 Å². The van der Waals surface area contributed by atoms with E-state index in [1.165, 1.54) is 38.5 Å². The minimum atomic E-state index is -1.73. The second-order valence-electron chi connectivity index (χ2n) is 8.35. The molecule has 0 rings (SSSR count). The van der Waals surface area contributed by atoms with Gasteiger partial charge in [0.15, 0.2) is 0 Å². The minimum absolute atomic E-state index is 0. The third-order valence-corrected chi connectivity index (χ3v) is 6.12. The summed E-state index contributed by atoms with van der Waals surface area (Å²) in [4.78, 5) is 14.0. The van der Waals surface area contributed by atoms with E-state index in [1.807, 2.05) is 0 Å². The van der Waals surface area contributed by atoms with Crippen LogP contribution in [0.3, 0.4) is 0 Å². The zero-order valence-corrected chi connectivity index (χ0v) is 25.1. The van der Waals surface area contributed by atoms with Gasteiger partial charge in [0, 0.05) is 5.92 Å². The van der Waals surface area contributed by atoms with Gasteiger partial charge in [-0.2, -0.15) is 0 Å². The van der Waals surface area contributed by atoms with Crippen LogP contribution in [0, 0.1) is 11.3 Å². The summed E-state index contributed by atoms with van der Waals surface area (Å²) in [5.41, 5.74) is 4.43. The maximum absolute atomic E-state index is 11.9. The Morgan fingerprint density at radius 2 is 1.32 bits per heavy atom. The average Bonchev–Trinajstić information content (AvgIpc) is 2.69. The number of rotatable bonds is 20. The van der Waals surface area contributed by atoms with Gasteiger partial charge in [0.1, 0.15) is 0 Å². The molecular weight excluding hydrogens is 412 g/mol. The number of aliphatic carboxylic acids is 1. The van der Waals surface area contributed by atoms with Crippen LogP contribution in [-0.2, 0) is 4.79 Å². The van der Waals surface area contributed by atoms with E-state index in [0.29, 0.717) is 19.3 Å². The van der Waals surface area contributed by atoms with Gasteiger partial charge in [-0.1, -0.05) is 85.0 Å². The van der Waals surface area contributed by atoms with Crippen LogP contribution in [-0.4, -0.2) is 41.9 Å². The molecule has 0 aromatic carbocycles. The van der Waals surface area contributed by atoms with Crippen LogP contribution in [0.2, 0.25) is 0 Å². The quantitative estimate of drug-likeness (QED) is 0.0866. The summed E-state index contributed by atoms with van der Waals surface area (Å²) in [5.74, 6) is -3.29. The van der Waals surface area contributed by atoms with E-state index in [0.717, 1.165) is 38.9 Å². The predicted molar refractivity (Wildman–Crippen MR) is 117 cm³/mol. The summed E-state index contributed by atoms with van der Waals surface area (Å²) in [6.07, 6.45) is 12.6. The zero-order chi connectivity index (χ0) is 22.1. The molecule has 0 amide bonds. The Morgan fingerprint density at radius 1 is 0.871 bits per heavy atom. The molecular formula is C23H45N3Na2O3.